The first kappa shape index (κ1) is 20.7. The van der Waals surface area contributed by atoms with Gasteiger partial charge < -0.3 is 14.4 Å². The third-order valence-corrected chi connectivity index (χ3v) is 7.38. The molecule has 2 aromatic carbocycles. The van der Waals surface area contributed by atoms with E-state index in [9.17, 15) is 13.2 Å². The van der Waals surface area contributed by atoms with Crippen LogP contribution < -0.4 is 14.4 Å². The van der Waals surface area contributed by atoms with Gasteiger partial charge >= 0.3 is 0 Å². The molecule has 0 saturated carbocycles. The molecule has 0 unspecified atom stereocenters. The van der Waals surface area contributed by atoms with Gasteiger partial charge in [0, 0.05) is 13.1 Å². The van der Waals surface area contributed by atoms with E-state index in [0.717, 1.165) is 5.69 Å². The molecule has 7 nitrogen and oxygen atoms in total. The molecule has 4 rings (SSSR count). The molecular weight excluding hydrogens is 404 g/mol. The molecule has 0 radical (unpaired) electrons. The van der Waals surface area contributed by atoms with Gasteiger partial charge in [-0.1, -0.05) is 12.1 Å². The first-order valence-electron chi connectivity index (χ1n) is 10.3. The Balaban J connectivity index is 1.51. The van der Waals surface area contributed by atoms with Crippen LogP contribution in [0.15, 0.2) is 53.4 Å². The molecule has 1 atom stereocenters. The average molecular weight is 431 g/mol. The molecule has 160 valence electrons. The molecule has 0 aromatic heterocycles. The van der Waals surface area contributed by atoms with Gasteiger partial charge in [-0.05, 0) is 56.2 Å². The number of para-hydroxylation sites is 2. The van der Waals surface area contributed by atoms with Crippen molar-refractivity contribution in [3.8, 4) is 11.5 Å². The van der Waals surface area contributed by atoms with Crippen LogP contribution in [0.2, 0.25) is 0 Å². The first-order valence-corrected chi connectivity index (χ1v) is 11.7. The van der Waals surface area contributed by atoms with Gasteiger partial charge in [-0.15, -0.1) is 0 Å². The summed E-state index contributed by atoms with van der Waals surface area (Å²) in [6.07, 6.45) is 1.33. The van der Waals surface area contributed by atoms with Crippen LogP contribution in [-0.2, 0) is 14.8 Å². The van der Waals surface area contributed by atoms with Crippen LogP contribution in [0.5, 0.6) is 11.5 Å². The van der Waals surface area contributed by atoms with Crippen molar-refractivity contribution in [3.63, 3.8) is 0 Å². The highest BCUT2D eigenvalue weighted by molar-refractivity contribution is 7.89. The number of ether oxygens (including phenoxy) is 2. The van der Waals surface area contributed by atoms with Crippen molar-refractivity contribution in [1.29, 1.82) is 0 Å². The fourth-order valence-corrected chi connectivity index (χ4v) is 5.53. The van der Waals surface area contributed by atoms with Gasteiger partial charge in [-0.25, -0.2) is 8.42 Å². The molecule has 1 fully saturated rings. The number of rotatable bonds is 5. The quantitative estimate of drug-likeness (QED) is 0.729. The zero-order chi connectivity index (χ0) is 21.1. The summed E-state index contributed by atoms with van der Waals surface area (Å²) in [5, 5.41) is 0. The summed E-state index contributed by atoms with van der Waals surface area (Å²) in [7, 11) is -3.67. The summed E-state index contributed by atoms with van der Waals surface area (Å²) in [5.41, 5.74) is 0.750. The SMILES string of the molecule is CCOc1ccc(S(=O)(=O)N2CCC[C@@H](C(=O)N3CCOc4ccccc43)C2)cc1. The maximum Gasteiger partial charge on any atom is 0.243 e. The molecule has 2 aliphatic heterocycles. The third-order valence-electron chi connectivity index (χ3n) is 5.50. The monoisotopic (exact) mass is 430 g/mol. The summed E-state index contributed by atoms with van der Waals surface area (Å²) >= 11 is 0. The summed E-state index contributed by atoms with van der Waals surface area (Å²) in [6.45, 7) is 3.91. The van der Waals surface area contributed by atoms with Gasteiger partial charge in [-0.3, -0.25) is 4.79 Å². The highest BCUT2D eigenvalue weighted by Gasteiger charge is 2.36. The molecule has 2 aliphatic rings. The maximum atomic E-state index is 13.3. The number of hydrogen-bond acceptors (Lipinski definition) is 5. The van der Waals surface area contributed by atoms with E-state index < -0.39 is 10.0 Å². The number of anilines is 1. The second-order valence-corrected chi connectivity index (χ2v) is 9.35. The Bertz CT molecular complexity index is 1010. The molecule has 0 N–H and O–H groups in total. The van der Waals surface area contributed by atoms with Gasteiger partial charge in [0.1, 0.15) is 18.1 Å². The lowest BCUT2D eigenvalue weighted by atomic mass is 9.97. The number of amides is 1. The zero-order valence-corrected chi connectivity index (χ0v) is 17.8. The van der Waals surface area contributed by atoms with Crippen LogP contribution in [0, 0.1) is 5.92 Å². The molecule has 8 heteroatoms. The third kappa shape index (κ3) is 4.02. The number of carbonyl (C=O) groups is 1. The van der Waals surface area contributed by atoms with E-state index in [2.05, 4.69) is 0 Å². The minimum atomic E-state index is -3.67. The van der Waals surface area contributed by atoms with Crippen LogP contribution in [0.25, 0.3) is 0 Å². The first-order chi connectivity index (χ1) is 14.5. The Morgan fingerprint density at radius 1 is 1.13 bits per heavy atom. The number of carbonyl (C=O) groups excluding carboxylic acids is 1. The van der Waals surface area contributed by atoms with Crippen molar-refractivity contribution in [3.05, 3.63) is 48.5 Å². The molecule has 1 amide bonds. The van der Waals surface area contributed by atoms with Gasteiger partial charge in [0.2, 0.25) is 15.9 Å². The molecule has 2 aromatic rings. The largest absolute Gasteiger partial charge is 0.494 e. The predicted octanol–water partition coefficient (Wildman–Crippen LogP) is 2.91. The number of benzene rings is 2. The van der Waals surface area contributed by atoms with Crippen LogP contribution in [0.3, 0.4) is 0 Å². The fourth-order valence-electron chi connectivity index (χ4n) is 4.00. The summed E-state index contributed by atoms with van der Waals surface area (Å²) in [4.78, 5) is 15.2. The second-order valence-electron chi connectivity index (χ2n) is 7.41. The lowest BCUT2D eigenvalue weighted by Gasteiger charge is -2.36. The Morgan fingerprint density at radius 3 is 2.67 bits per heavy atom. The summed E-state index contributed by atoms with van der Waals surface area (Å²) < 4.78 is 38.7. The van der Waals surface area contributed by atoms with E-state index in [-0.39, 0.29) is 23.3 Å². The number of nitrogens with zero attached hydrogens (tertiary/aromatic N) is 2. The molecule has 2 heterocycles. The van der Waals surface area contributed by atoms with E-state index in [0.29, 0.717) is 50.6 Å². The van der Waals surface area contributed by atoms with Crippen LogP contribution >= 0.6 is 0 Å². The number of fused-ring (bicyclic) bond motifs is 1. The number of hydrogen-bond donors (Lipinski definition) is 0. The Labute approximate surface area is 177 Å². The van der Waals surface area contributed by atoms with Gasteiger partial charge in [-0.2, -0.15) is 4.31 Å². The van der Waals surface area contributed by atoms with E-state index in [1.54, 1.807) is 29.2 Å². The average Bonchev–Trinajstić information content (AvgIpc) is 2.79. The van der Waals surface area contributed by atoms with Crippen LogP contribution in [0.1, 0.15) is 19.8 Å². The molecule has 1 saturated heterocycles. The molecule has 0 bridgehead atoms. The van der Waals surface area contributed by atoms with E-state index >= 15 is 0 Å². The van der Waals surface area contributed by atoms with Gasteiger partial charge in [0.25, 0.3) is 0 Å². The standard InChI is InChI=1S/C22H26N2O5S/c1-2-28-18-9-11-19(12-10-18)30(26,27)23-13-5-6-17(16-23)22(25)24-14-15-29-21-8-4-3-7-20(21)24/h3-4,7-12,17H,2,5-6,13-16H2,1H3/t17-/m1/s1. The van der Waals surface area contributed by atoms with Gasteiger partial charge in [0.15, 0.2) is 0 Å². The normalized spacial score (nSPS) is 19.6. The van der Waals surface area contributed by atoms with Crippen molar-refractivity contribution < 1.29 is 22.7 Å². The Hall–Kier alpha value is -2.58. The highest BCUT2D eigenvalue weighted by Crippen LogP contribution is 2.34. The van der Waals surface area contributed by atoms with Crippen molar-refractivity contribution in [1.82, 2.24) is 4.31 Å². The minimum absolute atomic E-state index is 0.0441. The Morgan fingerprint density at radius 2 is 1.90 bits per heavy atom. The van der Waals surface area contributed by atoms with Crippen LogP contribution in [-0.4, -0.2) is 51.5 Å². The van der Waals surface area contributed by atoms with Crippen molar-refractivity contribution >= 4 is 21.6 Å². The lowest BCUT2D eigenvalue weighted by molar-refractivity contribution is -0.123. The lowest BCUT2D eigenvalue weighted by Crippen LogP contribution is -2.48. The molecular formula is C22H26N2O5S. The predicted molar refractivity (Wildman–Crippen MR) is 113 cm³/mol. The smallest absolute Gasteiger partial charge is 0.243 e. The summed E-state index contributed by atoms with van der Waals surface area (Å²) in [5.74, 6) is 0.903. The fraction of sp³-hybridized carbons (Fsp3) is 0.409. The molecule has 0 aliphatic carbocycles. The van der Waals surface area contributed by atoms with Crippen molar-refractivity contribution in [2.75, 3.05) is 37.7 Å². The van der Waals surface area contributed by atoms with Crippen molar-refractivity contribution in [2.24, 2.45) is 5.92 Å². The van der Waals surface area contributed by atoms with E-state index in [1.807, 2.05) is 31.2 Å². The molecule has 0 spiro atoms. The van der Waals surface area contributed by atoms with E-state index in [1.165, 1.54) is 4.31 Å². The summed E-state index contributed by atoms with van der Waals surface area (Å²) in [6, 6.07) is 13.9. The topological polar surface area (TPSA) is 76.2 Å². The van der Waals surface area contributed by atoms with E-state index in [4.69, 9.17) is 9.47 Å². The number of piperidine rings is 1. The maximum absolute atomic E-state index is 13.3. The van der Waals surface area contributed by atoms with Gasteiger partial charge in [0.05, 0.1) is 29.7 Å². The minimum Gasteiger partial charge on any atom is -0.494 e. The second kappa shape index (κ2) is 8.65. The highest BCUT2D eigenvalue weighted by atomic mass is 32.2. The number of sulfonamides is 1. The molecule has 30 heavy (non-hydrogen) atoms. The Kier molecular flexibility index (Phi) is 5.97. The van der Waals surface area contributed by atoms with Crippen molar-refractivity contribution in [2.45, 2.75) is 24.7 Å². The van der Waals surface area contributed by atoms with Crippen LogP contribution in [0.4, 0.5) is 5.69 Å². The zero-order valence-electron chi connectivity index (χ0n) is 17.0.